The summed E-state index contributed by atoms with van der Waals surface area (Å²) >= 11 is 6.08. The fourth-order valence-electron chi connectivity index (χ4n) is 2.64. The fourth-order valence-corrected chi connectivity index (χ4v) is 3.13. The molecular formula is C12H15ClO3. The molecule has 0 amide bonds. The third-order valence-electron chi connectivity index (χ3n) is 3.43. The van der Waals surface area contributed by atoms with Crippen LogP contribution < -0.4 is 0 Å². The van der Waals surface area contributed by atoms with Gasteiger partial charge in [-0.25, -0.2) is 4.79 Å². The van der Waals surface area contributed by atoms with E-state index in [4.69, 9.17) is 16.3 Å². The molecule has 0 saturated heterocycles. The number of carbonyl (C=O) groups is 2. The molecule has 0 aromatic carbocycles. The Morgan fingerprint density at radius 1 is 1.31 bits per heavy atom. The van der Waals surface area contributed by atoms with Gasteiger partial charge in [0.2, 0.25) is 0 Å². The first-order valence-corrected chi connectivity index (χ1v) is 6.15. The Bertz CT molecular complexity index is 359. The molecule has 0 aromatic rings. The van der Waals surface area contributed by atoms with Crippen molar-refractivity contribution >= 4 is 23.4 Å². The summed E-state index contributed by atoms with van der Waals surface area (Å²) < 4.78 is 4.71. The van der Waals surface area contributed by atoms with Crippen LogP contribution in [0.15, 0.2) is 10.6 Å². The van der Waals surface area contributed by atoms with Crippen LogP contribution in [0.2, 0.25) is 0 Å². The number of ketones is 1. The molecule has 0 aromatic heterocycles. The number of hydrogen-bond acceptors (Lipinski definition) is 3. The standard InChI is InChI=1S/C12H15ClO3/c1-2-16-12(15)11(14)9-7-5-3-4-6-8(7)10(9)13/h7-8H,2-6H2,1H3/t7-,8+/m1/s1. The van der Waals surface area contributed by atoms with Gasteiger partial charge in [-0.15, -0.1) is 0 Å². The van der Waals surface area contributed by atoms with Crippen molar-refractivity contribution in [3.63, 3.8) is 0 Å². The van der Waals surface area contributed by atoms with Crippen LogP contribution in [0, 0.1) is 11.8 Å². The number of esters is 1. The van der Waals surface area contributed by atoms with E-state index in [0.717, 1.165) is 25.7 Å². The van der Waals surface area contributed by atoms with E-state index in [9.17, 15) is 9.59 Å². The van der Waals surface area contributed by atoms with Gasteiger partial charge < -0.3 is 4.74 Å². The van der Waals surface area contributed by atoms with Crippen LogP contribution in [0.25, 0.3) is 0 Å². The monoisotopic (exact) mass is 242 g/mol. The number of halogens is 1. The summed E-state index contributed by atoms with van der Waals surface area (Å²) in [5, 5.41) is 0.600. The molecule has 2 aliphatic carbocycles. The summed E-state index contributed by atoms with van der Waals surface area (Å²) in [5.41, 5.74) is 0.518. The molecule has 0 N–H and O–H groups in total. The number of hydrogen-bond donors (Lipinski definition) is 0. The Morgan fingerprint density at radius 2 is 1.94 bits per heavy atom. The van der Waals surface area contributed by atoms with Crippen LogP contribution in [0.4, 0.5) is 0 Å². The third-order valence-corrected chi connectivity index (χ3v) is 3.91. The Hall–Kier alpha value is -0.830. The van der Waals surface area contributed by atoms with Gasteiger partial charge in [0.25, 0.3) is 5.78 Å². The van der Waals surface area contributed by atoms with Crippen molar-refractivity contribution < 1.29 is 14.3 Å². The predicted molar refractivity (Wildman–Crippen MR) is 60.0 cm³/mol. The van der Waals surface area contributed by atoms with Crippen molar-refractivity contribution in [3.8, 4) is 0 Å². The van der Waals surface area contributed by atoms with E-state index in [1.165, 1.54) is 0 Å². The highest BCUT2D eigenvalue weighted by Crippen LogP contribution is 2.51. The molecule has 0 spiro atoms. The molecule has 0 aliphatic heterocycles. The van der Waals surface area contributed by atoms with Crippen molar-refractivity contribution in [3.05, 3.63) is 10.6 Å². The average molecular weight is 243 g/mol. The molecule has 4 heteroatoms. The first-order valence-electron chi connectivity index (χ1n) is 5.77. The average Bonchev–Trinajstić information content (AvgIpc) is 2.29. The van der Waals surface area contributed by atoms with Crippen LogP contribution in [-0.2, 0) is 14.3 Å². The van der Waals surface area contributed by atoms with E-state index in [0.29, 0.717) is 16.5 Å². The summed E-state index contributed by atoms with van der Waals surface area (Å²) in [7, 11) is 0. The molecule has 0 bridgehead atoms. The van der Waals surface area contributed by atoms with Crippen molar-refractivity contribution in [2.75, 3.05) is 6.61 Å². The number of ether oxygens (including phenoxy) is 1. The summed E-state index contributed by atoms with van der Waals surface area (Å²) in [5.74, 6) is -0.767. The van der Waals surface area contributed by atoms with Crippen molar-refractivity contribution in [2.24, 2.45) is 11.8 Å². The van der Waals surface area contributed by atoms with E-state index in [1.54, 1.807) is 6.92 Å². The van der Waals surface area contributed by atoms with Gasteiger partial charge in [-0.3, -0.25) is 4.79 Å². The van der Waals surface area contributed by atoms with Crippen molar-refractivity contribution in [1.29, 1.82) is 0 Å². The van der Waals surface area contributed by atoms with Gasteiger partial charge in [-0.2, -0.15) is 0 Å². The largest absolute Gasteiger partial charge is 0.460 e. The summed E-state index contributed by atoms with van der Waals surface area (Å²) in [6, 6.07) is 0. The summed E-state index contributed by atoms with van der Waals surface area (Å²) in [6.45, 7) is 1.91. The van der Waals surface area contributed by atoms with Gasteiger partial charge in [-0.1, -0.05) is 24.4 Å². The Labute approximate surface area is 99.8 Å². The topological polar surface area (TPSA) is 43.4 Å². The van der Waals surface area contributed by atoms with Gasteiger partial charge in [0.05, 0.1) is 6.61 Å². The summed E-state index contributed by atoms with van der Waals surface area (Å²) in [6.07, 6.45) is 4.30. The van der Waals surface area contributed by atoms with Crippen LogP contribution in [0.5, 0.6) is 0 Å². The molecule has 2 rings (SSSR count). The zero-order valence-electron chi connectivity index (χ0n) is 9.29. The Balaban J connectivity index is 2.12. The highest BCUT2D eigenvalue weighted by atomic mass is 35.5. The van der Waals surface area contributed by atoms with Crippen LogP contribution >= 0.6 is 11.6 Å². The Kier molecular flexibility index (Phi) is 3.33. The maximum absolute atomic E-state index is 11.8. The normalized spacial score (nSPS) is 28.1. The molecule has 88 valence electrons. The SMILES string of the molecule is CCOC(=O)C(=O)C1=C(Cl)[C@H]2CCCC[C@@H]12. The minimum Gasteiger partial charge on any atom is -0.460 e. The number of allylic oxidation sites excluding steroid dienone is 1. The minimum absolute atomic E-state index is 0.207. The van der Waals surface area contributed by atoms with Gasteiger partial charge in [-0.05, 0) is 25.7 Å². The number of rotatable bonds is 3. The first kappa shape index (κ1) is 11.6. The lowest BCUT2D eigenvalue weighted by Crippen LogP contribution is -2.38. The van der Waals surface area contributed by atoms with Crippen molar-refractivity contribution in [1.82, 2.24) is 0 Å². The highest BCUT2D eigenvalue weighted by molar-refractivity contribution is 6.45. The van der Waals surface area contributed by atoms with E-state index >= 15 is 0 Å². The van der Waals surface area contributed by atoms with Crippen LogP contribution in [-0.4, -0.2) is 18.4 Å². The smallest absolute Gasteiger partial charge is 0.379 e. The lowest BCUT2D eigenvalue weighted by Gasteiger charge is -2.41. The maximum atomic E-state index is 11.8. The second-order valence-corrected chi connectivity index (χ2v) is 4.72. The lowest BCUT2D eigenvalue weighted by atomic mass is 9.65. The van der Waals surface area contributed by atoms with E-state index in [2.05, 4.69) is 0 Å². The van der Waals surface area contributed by atoms with E-state index < -0.39 is 11.8 Å². The van der Waals surface area contributed by atoms with Crippen LogP contribution in [0.1, 0.15) is 32.6 Å². The quantitative estimate of drug-likeness (QED) is 0.564. The molecule has 3 nitrogen and oxygen atoms in total. The molecule has 2 aliphatic rings. The molecule has 0 heterocycles. The minimum atomic E-state index is -0.764. The van der Waals surface area contributed by atoms with E-state index in [-0.39, 0.29) is 12.5 Å². The van der Waals surface area contributed by atoms with Gasteiger partial charge in [0.15, 0.2) is 0 Å². The Morgan fingerprint density at radius 3 is 2.56 bits per heavy atom. The molecule has 0 unspecified atom stereocenters. The third kappa shape index (κ3) is 1.77. The van der Waals surface area contributed by atoms with Gasteiger partial charge >= 0.3 is 5.97 Å². The predicted octanol–water partition coefficient (Wildman–Crippen LogP) is 2.43. The lowest BCUT2D eigenvalue weighted by molar-refractivity contribution is -0.152. The molecule has 2 atom stereocenters. The number of carbonyl (C=O) groups excluding carboxylic acids is 2. The molecule has 16 heavy (non-hydrogen) atoms. The summed E-state index contributed by atoms with van der Waals surface area (Å²) in [4.78, 5) is 23.1. The molecule has 1 fully saturated rings. The first-order chi connectivity index (χ1) is 7.66. The molecule has 1 saturated carbocycles. The zero-order valence-corrected chi connectivity index (χ0v) is 10.0. The molecule has 0 radical (unpaired) electrons. The molecular weight excluding hydrogens is 228 g/mol. The van der Waals surface area contributed by atoms with Crippen LogP contribution in [0.3, 0.4) is 0 Å². The van der Waals surface area contributed by atoms with Gasteiger partial charge in [0, 0.05) is 16.5 Å². The second-order valence-electron chi connectivity index (χ2n) is 4.31. The maximum Gasteiger partial charge on any atom is 0.379 e. The highest BCUT2D eigenvalue weighted by Gasteiger charge is 2.45. The second kappa shape index (κ2) is 4.58. The number of fused-ring (bicyclic) bond motifs is 1. The fraction of sp³-hybridized carbons (Fsp3) is 0.667. The van der Waals surface area contributed by atoms with Gasteiger partial charge in [0.1, 0.15) is 0 Å². The zero-order chi connectivity index (χ0) is 11.7. The number of Topliss-reactive ketones (excluding diaryl/α,β-unsaturated/α-hetero) is 1. The van der Waals surface area contributed by atoms with E-state index in [1.807, 2.05) is 0 Å². The van der Waals surface area contributed by atoms with Crippen molar-refractivity contribution in [2.45, 2.75) is 32.6 Å².